The number of nitrogens with zero attached hydrogens (tertiary/aromatic N) is 5. The van der Waals surface area contributed by atoms with Crippen LogP contribution in [-0.4, -0.2) is 35.3 Å². The maximum absolute atomic E-state index is 9.77. The molecule has 0 aromatic rings. The van der Waals surface area contributed by atoms with Crippen molar-refractivity contribution in [1.82, 2.24) is 0 Å². The van der Waals surface area contributed by atoms with Crippen LogP contribution in [0.3, 0.4) is 0 Å². The van der Waals surface area contributed by atoms with Gasteiger partial charge in [-0.3, -0.25) is 25.8 Å². The van der Waals surface area contributed by atoms with Gasteiger partial charge in [0.05, 0.1) is 5.71 Å². The van der Waals surface area contributed by atoms with Crippen molar-refractivity contribution < 1.29 is 21.1 Å². The van der Waals surface area contributed by atoms with Crippen LogP contribution in [0.4, 0.5) is 0 Å². The minimum absolute atomic E-state index is 0. The fourth-order valence-electron chi connectivity index (χ4n) is 4.77. The summed E-state index contributed by atoms with van der Waals surface area (Å²) >= 11 is 0. The maximum atomic E-state index is 9.77. The number of rotatable bonds is 4. The molecule has 0 saturated carbocycles. The molecule has 4 aliphatic heterocycles. The Labute approximate surface area is 212 Å². The Morgan fingerprint density at radius 1 is 0.848 bits per heavy atom. The summed E-state index contributed by atoms with van der Waals surface area (Å²) in [6, 6.07) is 0. The van der Waals surface area contributed by atoms with Crippen LogP contribution in [0.1, 0.15) is 73.6 Å². The molecule has 33 heavy (non-hydrogen) atoms. The van der Waals surface area contributed by atoms with E-state index in [1.165, 1.54) is 0 Å². The maximum Gasteiger partial charge on any atom is 2.00 e. The van der Waals surface area contributed by atoms with Crippen molar-refractivity contribution in [2.45, 2.75) is 73.6 Å². The van der Waals surface area contributed by atoms with Gasteiger partial charge in [-0.15, -0.1) is 0 Å². The molecule has 6 heteroatoms. The molecule has 0 amide bonds. The SMILES string of the molecule is C=C1N=C(C=C2N=C(C=C3N=C(C(=C=[N-])C4=NCCC4)CC3(C)C)CC2(C)C)CC1(C)C.[Pt+2]. The first-order chi connectivity index (χ1) is 14.9. The van der Waals surface area contributed by atoms with Crippen molar-refractivity contribution >= 4 is 28.7 Å². The van der Waals surface area contributed by atoms with E-state index in [4.69, 9.17) is 15.0 Å². The van der Waals surface area contributed by atoms with Crippen molar-refractivity contribution in [1.29, 1.82) is 0 Å². The zero-order valence-electron chi connectivity index (χ0n) is 20.7. The average molecular weight is 624 g/mol. The van der Waals surface area contributed by atoms with E-state index in [0.29, 0.717) is 5.57 Å². The summed E-state index contributed by atoms with van der Waals surface area (Å²) in [4.78, 5) is 19.1. The van der Waals surface area contributed by atoms with E-state index in [0.717, 1.165) is 78.6 Å². The summed E-state index contributed by atoms with van der Waals surface area (Å²) in [5.74, 6) is 2.38. The fraction of sp³-hybridized carbons (Fsp3) is 0.556. The topological polar surface area (TPSA) is 71.7 Å². The number of aliphatic imine (C=N–C) groups is 4. The molecule has 0 bridgehead atoms. The number of hydrogen-bond donors (Lipinski definition) is 0. The average Bonchev–Trinajstić information content (AvgIpc) is 3.40. The van der Waals surface area contributed by atoms with Crippen LogP contribution in [0.25, 0.3) is 5.41 Å². The van der Waals surface area contributed by atoms with Gasteiger partial charge in [-0.2, -0.15) is 0 Å². The zero-order valence-corrected chi connectivity index (χ0v) is 22.9. The van der Waals surface area contributed by atoms with Gasteiger partial charge in [0.1, 0.15) is 0 Å². The third-order valence-electron chi connectivity index (χ3n) is 6.99. The molecule has 0 aliphatic carbocycles. The van der Waals surface area contributed by atoms with Gasteiger partial charge in [0, 0.05) is 81.9 Å². The van der Waals surface area contributed by atoms with Gasteiger partial charge in [0.2, 0.25) is 0 Å². The first kappa shape index (κ1) is 25.7. The Morgan fingerprint density at radius 3 is 1.97 bits per heavy atom. The summed E-state index contributed by atoms with van der Waals surface area (Å²) < 4.78 is 0. The molecule has 0 atom stereocenters. The Kier molecular flexibility index (Phi) is 7.00. The minimum Gasteiger partial charge on any atom is -0.763 e. The molecule has 5 nitrogen and oxygen atoms in total. The summed E-state index contributed by atoms with van der Waals surface area (Å²) in [6.45, 7) is 18.2. The molecular formula is C27H34N5Pt+. The van der Waals surface area contributed by atoms with Crippen LogP contribution in [0.15, 0.2) is 61.4 Å². The largest absolute Gasteiger partial charge is 2.00 e. The van der Waals surface area contributed by atoms with Gasteiger partial charge >= 0.3 is 21.1 Å². The second-order valence-electron chi connectivity index (χ2n) is 11.4. The van der Waals surface area contributed by atoms with Crippen LogP contribution < -0.4 is 0 Å². The predicted molar refractivity (Wildman–Crippen MR) is 136 cm³/mol. The Balaban J connectivity index is 0.00000306. The monoisotopic (exact) mass is 623 g/mol. The van der Waals surface area contributed by atoms with Crippen LogP contribution in [0, 0.1) is 16.2 Å². The molecule has 4 aliphatic rings. The van der Waals surface area contributed by atoms with Crippen molar-refractivity contribution in [3.63, 3.8) is 0 Å². The summed E-state index contributed by atoms with van der Waals surface area (Å²) in [7, 11) is 0. The van der Waals surface area contributed by atoms with Gasteiger partial charge in [-0.05, 0) is 25.0 Å². The van der Waals surface area contributed by atoms with E-state index in [1.807, 2.05) is 0 Å². The summed E-state index contributed by atoms with van der Waals surface area (Å²) in [6.07, 6.45) is 8.71. The zero-order chi connectivity index (χ0) is 23.3. The smallest absolute Gasteiger partial charge is 0.763 e. The standard InChI is InChI=1S/C27H34N5.Pt/c1-17-25(2,3)13-18(30-17)11-23-26(4,5)14-19(31-23)12-24-27(6,7)15-22(32-24)20(16-28)21-9-8-10-29-21;/h11-12H,1,8-10,13-15H2,2-7H3;/q-1;+2. The second kappa shape index (κ2) is 9.00. The summed E-state index contributed by atoms with van der Waals surface area (Å²) in [5, 5.41) is 9.77. The third-order valence-corrected chi connectivity index (χ3v) is 6.99. The third kappa shape index (κ3) is 5.10. The van der Waals surface area contributed by atoms with E-state index < -0.39 is 0 Å². The van der Waals surface area contributed by atoms with Crippen molar-refractivity contribution in [3.8, 4) is 0 Å². The molecular weight excluding hydrogens is 589 g/mol. The van der Waals surface area contributed by atoms with Crippen molar-refractivity contribution in [3.05, 3.63) is 46.8 Å². The molecule has 0 spiro atoms. The molecule has 0 N–H and O–H groups in total. The van der Waals surface area contributed by atoms with Crippen molar-refractivity contribution in [2.24, 2.45) is 36.2 Å². The molecule has 0 radical (unpaired) electrons. The summed E-state index contributed by atoms with van der Waals surface area (Å²) in [5.41, 5.74) is 7.42. The quantitative estimate of drug-likeness (QED) is 0.331. The molecule has 0 unspecified atom stereocenters. The van der Waals surface area contributed by atoms with E-state index in [2.05, 4.69) is 71.1 Å². The van der Waals surface area contributed by atoms with Crippen molar-refractivity contribution in [2.75, 3.05) is 6.54 Å². The molecule has 0 fully saturated rings. The molecule has 0 aromatic carbocycles. The molecule has 176 valence electrons. The number of hydrogen-bond acceptors (Lipinski definition) is 4. The number of allylic oxidation sites excluding steroid dienone is 6. The van der Waals surface area contributed by atoms with Gasteiger partial charge in [-0.1, -0.05) is 48.1 Å². The van der Waals surface area contributed by atoms with Crippen LogP contribution in [-0.2, 0) is 21.1 Å². The first-order valence-corrected chi connectivity index (χ1v) is 11.6. The normalized spacial score (nSPS) is 27.2. The van der Waals surface area contributed by atoms with Crippen LogP contribution >= 0.6 is 0 Å². The molecule has 4 rings (SSSR count). The second-order valence-corrected chi connectivity index (χ2v) is 11.4. The van der Waals surface area contributed by atoms with E-state index >= 15 is 0 Å². The van der Waals surface area contributed by atoms with Crippen LogP contribution in [0.2, 0.25) is 0 Å². The predicted octanol–water partition coefficient (Wildman–Crippen LogP) is 6.28. The molecule has 4 heterocycles. The minimum atomic E-state index is -0.132. The van der Waals surface area contributed by atoms with E-state index in [9.17, 15) is 5.41 Å². The van der Waals surface area contributed by atoms with E-state index in [1.54, 1.807) is 0 Å². The Morgan fingerprint density at radius 2 is 1.42 bits per heavy atom. The van der Waals surface area contributed by atoms with Gasteiger partial charge in [0.15, 0.2) is 0 Å². The fourth-order valence-corrected chi connectivity index (χ4v) is 4.77. The van der Waals surface area contributed by atoms with E-state index in [-0.39, 0.29) is 37.3 Å². The molecule has 0 saturated heterocycles. The Bertz CT molecular complexity index is 1120. The van der Waals surface area contributed by atoms with Crippen LogP contribution in [0.5, 0.6) is 0 Å². The van der Waals surface area contributed by atoms with Gasteiger partial charge in [0.25, 0.3) is 0 Å². The Hall–Kier alpha value is -1.96. The van der Waals surface area contributed by atoms with Gasteiger partial charge < -0.3 is 5.41 Å². The first-order valence-electron chi connectivity index (χ1n) is 11.6. The van der Waals surface area contributed by atoms with Gasteiger partial charge in [-0.25, -0.2) is 0 Å². The molecule has 0 aromatic heterocycles.